The van der Waals surface area contributed by atoms with Crippen LogP contribution in [0.4, 0.5) is 10.1 Å². The molecule has 4 nitrogen and oxygen atoms in total. The van der Waals surface area contributed by atoms with Crippen LogP contribution in [0.3, 0.4) is 0 Å². The molecule has 3 rings (SSSR count). The molecule has 154 valence electrons. The summed E-state index contributed by atoms with van der Waals surface area (Å²) in [6, 6.07) is 13.8. The van der Waals surface area contributed by atoms with Gasteiger partial charge in [0.2, 0.25) is 0 Å². The number of benzene rings is 2. The second-order valence-corrected chi connectivity index (χ2v) is 7.08. The summed E-state index contributed by atoms with van der Waals surface area (Å²) >= 11 is 0. The van der Waals surface area contributed by atoms with Crippen LogP contribution in [0.5, 0.6) is 5.75 Å². The first-order valence-electron chi connectivity index (χ1n) is 10.1. The summed E-state index contributed by atoms with van der Waals surface area (Å²) in [4.78, 5) is 18.5. The number of carbonyl (C=O) groups is 1. The van der Waals surface area contributed by atoms with Crippen molar-refractivity contribution >= 4 is 22.5 Å². The molecule has 0 aliphatic carbocycles. The molecule has 0 atom stereocenters. The smallest absolute Gasteiger partial charge is 0.258 e. The fraction of sp³-hybridized carbons (Fsp3) is 0.280. The van der Waals surface area contributed by atoms with Crippen LogP contribution in [0.25, 0.3) is 10.9 Å². The summed E-state index contributed by atoms with van der Waals surface area (Å²) < 4.78 is 20.6. The number of carbonyl (C=O) groups excluding carboxylic acids is 1. The second-order valence-electron chi connectivity index (χ2n) is 7.08. The van der Waals surface area contributed by atoms with Gasteiger partial charge in [0.25, 0.3) is 5.91 Å². The highest BCUT2D eigenvalue weighted by Crippen LogP contribution is 2.28. The van der Waals surface area contributed by atoms with Crippen molar-refractivity contribution in [2.75, 3.05) is 18.6 Å². The first-order valence-corrected chi connectivity index (χ1v) is 10.1. The maximum Gasteiger partial charge on any atom is 0.258 e. The molecule has 0 bridgehead atoms. The molecule has 1 heterocycles. The Labute approximate surface area is 176 Å². The number of ether oxygens (including phenoxy) is 1. The van der Waals surface area contributed by atoms with E-state index in [2.05, 4.69) is 10.9 Å². The number of rotatable bonds is 9. The van der Waals surface area contributed by atoms with Crippen molar-refractivity contribution < 1.29 is 13.9 Å². The lowest BCUT2D eigenvalue weighted by atomic mass is 10.1. The number of pyridine rings is 1. The minimum absolute atomic E-state index is 0.151. The van der Waals surface area contributed by atoms with E-state index in [1.165, 1.54) is 4.90 Å². The van der Waals surface area contributed by atoms with E-state index in [1.807, 2.05) is 12.1 Å². The maximum atomic E-state index is 15.0. The minimum atomic E-state index is -0.539. The molecular weight excluding hydrogens is 379 g/mol. The Balaban J connectivity index is 1.66. The number of aromatic nitrogens is 1. The summed E-state index contributed by atoms with van der Waals surface area (Å²) in [5, 5.41) is 0.858. The number of terminal acetylenes is 1. The zero-order valence-corrected chi connectivity index (χ0v) is 17.1. The molecule has 0 saturated carbocycles. The monoisotopic (exact) mass is 404 g/mol. The summed E-state index contributed by atoms with van der Waals surface area (Å²) in [7, 11) is 1.56. The van der Waals surface area contributed by atoms with E-state index >= 15 is 0 Å². The third-order valence-electron chi connectivity index (χ3n) is 4.93. The van der Waals surface area contributed by atoms with Gasteiger partial charge < -0.3 is 9.64 Å². The van der Waals surface area contributed by atoms with Gasteiger partial charge in [-0.25, -0.2) is 4.39 Å². The lowest BCUT2D eigenvalue weighted by molar-refractivity contribution is 0.0992. The van der Waals surface area contributed by atoms with Crippen molar-refractivity contribution in [1.82, 2.24) is 4.98 Å². The fourth-order valence-corrected chi connectivity index (χ4v) is 3.25. The minimum Gasteiger partial charge on any atom is -0.490 e. The van der Waals surface area contributed by atoms with Crippen molar-refractivity contribution in [2.24, 2.45) is 0 Å². The van der Waals surface area contributed by atoms with Gasteiger partial charge in [-0.2, -0.15) is 0 Å². The highest BCUT2D eigenvalue weighted by atomic mass is 19.1. The van der Waals surface area contributed by atoms with E-state index in [4.69, 9.17) is 11.2 Å². The van der Waals surface area contributed by atoms with Crippen LogP contribution in [-0.2, 0) is 0 Å². The SMILES string of the molecule is C#CCCCCCCOc1cccc(N(C)C(=O)c2ccc3ncccc3c2)c1F. The molecule has 0 aliphatic heterocycles. The van der Waals surface area contributed by atoms with Gasteiger partial charge in [0.05, 0.1) is 17.8 Å². The quantitative estimate of drug-likeness (QED) is 0.344. The number of hydrogen-bond donors (Lipinski definition) is 0. The zero-order valence-electron chi connectivity index (χ0n) is 17.1. The van der Waals surface area contributed by atoms with Crippen LogP contribution < -0.4 is 9.64 Å². The normalized spacial score (nSPS) is 10.6. The van der Waals surface area contributed by atoms with Gasteiger partial charge in [-0.3, -0.25) is 9.78 Å². The highest BCUT2D eigenvalue weighted by Gasteiger charge is 2.19. The lowest BCUT2D eigenvalue weighted by Crippen LogP contribution is -2.27. The van der Waals surface area contributed by atoms with Gasteiger partial charge in [-0.05, 0) is 49.2 Å². The van der Waals surface area contributed by atoms with E-state index in [0.29, 0.717) is 12.2 Å². The van der Waals surface area contributed by atoms with Crippen LogP contribution in [0.1, 0.15) is 42.5 Å². The number of amides is 1. The van der Waals surface area contributed by atoms with E-state index in [0.717, 1.165) is 43.0 Å². The second kappa shape index (κ2) is 10.4. The Morgan fingerprint density at radius 1 is 1.13 bits per heavy atom. The summed E-state index contributed by atoms with van der Waals surface area (Å²) in [6.45, 7) is 0.422. The van der Waals surface area contributed by atoms with E-state index < -0.39 is 5.82 Å². The third kappa shape index (κ3) is 5.15. The van der Waals surface area contributed by atoms with Crippen molar-refractivity contribution in [2.45, 2.75) is 32.1 Å². The fourth-order valence-electron chi connectivity index (χ4n) is 3.25. The molecule has 0 fully saturated rings. The van der Waals surface area contributed by atoms with Crippen LogP contribution in [0.2, 0.25) is 0 Å². The van der Waals surface area contributed by atoms with Crippen LogP contribution in [-0.4, -0.2) is 24.5 Å². The van der Waals surface area contributed by atoms with Gasteiger partial charge in [-0.1, -0.05) is 25.0 Å². The van der Waals surface area contributed by atoms with Gasteiger partial charge >= 0.3 is 0 Å². The Hall–Kier alpha value is -3.39. The maximum absolute atomic E-state index is 15.0. The molecule has 2 aromatic carbocycles. The molecule has 0 N–H and O–H groups in total. The van der Waals surface area contributed by atoms with Crippen molar-refractivity contribution in [1.29, 1.82) is 0 Å². The van der Waals surface area contributed by atoms with E-state index in [-0.39, 0.29) is 17.3 Å². The molecule has 0 unspecified atom stereocenters. The molecule has 1 amide bonds. The Bertz CT molecular complexity index is 1060. The Kier molecular flexibility index (Phi) is 7.40. The standard InChI is InChI=1S/C25H25FN2O2/c1-3-4-5-6-7-8-17-30-23-13-9-12-22(24(23)26)28(2)25(29)20-14-15-21-19(18-20)11-10-16-27-21/h1,9-16,18H,4-8,17H2,2H3. The molecule has 30 heavy (non-hydrogen) atoms. The van der Waals surface area contributed by atoms with Crippen LogP contribution >= 0.6 is 0 Å². The number of nitrogens with zero attached hydrogens (tertiary/aromatic N) is 2. The van der Waals surface area contributed by atoms with E-state index in [9.17, 15) is 9.18 Å². The lowest BCUT2D eigenvalue weighted by Gasteiger charge is -2.20. The molecule has 0 spiro atoms. The zero-order chi connectivity index (χ0) is 21.3. The third-order valence-corrected chi connectivity index (χ3v) is 4.93. The van der Waals surface area contributed by atoms with Crippen molar-refractivity contribution in [3.8, 4) is 18.1 Å². The molecule has 0 saturated heterocycles. The average Bonchev–Trinajstić information content (AvgIpc) is 2.78. The molecular formula is C25H25FN2O2. The first kappa shape index (κ1) is 21.3. The van der Waals surface area contributed by atoms with Crippen LogP contribution in [0.15, 0.2) is 54.7 Å². The van der Waals surface area contributed by atoms with Crippen molar-refractivity contribution in [3.05, 3.63) is 66.1 Å². The van der Waals surface area contributed by atoms with Gasteiger partial charge in [0, 0.05) is 30.6 Å². The number of unbranched alkanes of at least 4 members (excludes halogenated alkanes) is 4. The van der Waals surface area contributed by atoms with Crippen LogP contribution in [0, 0.1) is 18.2 Å². The molecule has 3 aromatic rings. The molecule has 0 aliphatic rings. The molecule has 5 heteroatoms. The van der Waals surface area contributed by atoms with Gasteiger partial charge in [0.1, 0.15) is 0 Å². The van der Waals surface area contributed by atoms with E-state index in [1.54, 1.807) is 49.6 Å². The van der Waals surface area contributed by atoms with Gasteiger partial charge in [-0.15, -0.1) is 12.3 Å². The predicted molar refractivity (Wildman–Crippen MR) is 118 cm³/mol. The largest absolute Gasteiger partial charge is 0.490 e. The molecule has 1 aromatic heterocycles. The summed E-state index contributed by atoms with van der Waals surface area (Å²) in [5.74, 6) is 1.93. The molecule has 0 radical (unpaired) electrons. The predicted octanol–water partition coefficient (Wildman–Crippen LogP) is 5.61. The summed E-state index contributed by atoms with van der Waals surface area (Å²) in [5.41, 5.74) is 1.45. The number of hydrogen-bond acceptors (Lipinski definition) is 3. The topological polar surface area (TPSA) is 42.4 Å². The Morgan fingerprint density at radius 3 is 2.80 bits per heavy atom. The number of halogens is 1. The number of fused-ring (bicyclic) bond motifs is 1. The average molecular weight is 404 g/mol. The highest BCUT2D eigenvalue weighted by molar-refractivity contribution is 6.07. The first-order chi connectivity index (χ1) is 14.6. The Morgan fingerprint density at radius 2 is 1.97 bits per heavy atom. The van der Waals surface area contributed by atoms with Crippen molar-refractivity contribution in [3.63, 3.8) is 0 Å². The number of anilines is 1. The summed E-state index contributed by atoms with van der Waals surface area (Å²) in [6.07, 6.45) is 11.6. The van der Waals surface area contributed by atoms with Gasteiger partial charge in [0.15, 0.2) is 11.6 Å².